The highest BCUT2D eigenvalue weighted by Gasteiger charge is 2.22. The Balaban J connectivity index is 1.67. The topological polar surface area (TPSA) is 47.6 Å². The van der Waals surface area contributed by atoms with Crippen molar-refractivity contribution >= 4 is 23.4 Å². The van der Waals surface area contributed by atoms with Crippen LogP contribution in [0.25, 0.3) is 0 Å². The van der Waals surface area contributed by atoms with E-state index in [0.29, 0.717) is 19.0 Å². The van der Waals surface area contributed by atoms with E-state index in [-0.39, 0.29) is 11.8 Å². The monoisotopic (exact) mass is 279 g/mol. The van der Waals surface area contributed by atoms with E-state index < -0.39 is 0 Å². The molecule has 1 atom stereocenters. The number of nitrogens with one attached hydrogen (secondary N) is 1. The van der Waals surface area contributed by atoms with Crippen LogP contribution in [0, 0.1) is 5.92 Å². The smallest absolute Gasteiger partial charge is 0.228 e. The van der Waals surface area contributed by atoms with Gasteiger partial charge in [-0.15, -0.1) is 0 Å². The number of anilines is 1. The van der Waals surface area contributed by atoms with Crippen LogP contribution in [0.3, 0.4) is 0 Å². The van der Waals surface area contributed by atoms with E-state index in [0.717, 1.165) is 30.0 Å². The minimum Gasteiger partial charge on any atom is -0.486 e. The molecule has 19 heavy (non-hydrogen) atoms. The molecule has 1 aromatic carbocycles. The molecule has 0 saturated carbocycles. The van der Waals surface area contributed by atoms with Crippen molar-refractivity contribution in [1.82, 2.24) is 0 Å². The highest BCUT2D eigenvalue weighted by molar-refractivity contribution is 7.99. The number of fused-ring (bicyclic) bond motifs is 1. The summed E-state index contributed by atoms with van der Waals surface area (Å²) in [5.74, 6) is 3.81. The average Bonchev–Trinajstić information content (AvgIpc) is 2.48. The maximum Gasteiger partial charge on any atom is 0.228 e. The van der Waals surface area contributed by atoms with Gasteiger partial charge in [-0.1, -0.05) is 0 Å². The van der Waals surface area contributed by atoms with E-state index in [4.69, 9.17) is 9.47 Å². The van der Waals surface area contributed by atoms with Gasteiger partial charge in [-0.2, -0.15) is 11.8 Å². The van der Waals surface area contributed by atoms with Gasteiger partial charge >= 0.3 is 0 Å². The van der Waals surface area contributed by atoms with E-state index >= 15 is 0 Å². The molecule has 0 spiro atoms. The fourth-order valence-corrected chi connectivity index (χ4v) is 3.45. The van der Waals surface area contributed by atoms with Crippen molar-refractivity contribution in [2.45, 2.75) is 12.8 Å². The largest absolute Gasteiger partial charge is 0.486 e. The second kappa shape index (κ2) is 5.74. The highest BCUT2D eigenvalue weighted by Crippen LogP contribution is 2.33. The van der Waals surface area contributed by atoms with Gasteiger partial charge < -0.3 is 14.8 Å². The Morgan fingerprint density at radius 1 is 1.26 bits per heavy atom. The summed E-state index contributed by atoms with van der Waals surface area (Å²) >= 11 is 1.86. The van der Waals surface area contributed by atoms with Gasteiger partial charge in [0, 0.05) is 23.4 Å². The first-order chi connectivity index (χ1) is 9.33. The fourth-order valence-electron chi connectivity index (χ4n) is 2.31. The van der Waals surface area contributed by atoms with E-state index in [1.807, 2.05) is 30.0 Å². The molecular weight excluding hydrogens is 262 g/mol. The maximum absolute atomic E-state index is 12.1. The lowest BCUT2D eigenvalue weighted by Gasteiger charge is -2.22. The third-order valence-electron chi connectivity index (χ3n) is 3.34. The molecule has 1 saturated heterocycles. The summed E-state index contributed by atoms with van der Waals surface area (Å²) in [5.41, 5.74) is 0.782. The molecule has 1 unspecified atom stereocenters. The minimum atomic E-state index is 0.115. The van der Waals surface area contributed by atoms with Crippen molar-refractivity contribution in [2.24, 2.45) is 5.92 Å². The van der Waals surface area contributed by atoms with Gasteiger partial charge in [0.1, 0.15) is 13.2 Å². The van der Waals surface area contributed by atoms with E-state index in [1.165, 1.54) is 5.75 Å². The zero-order valence-electron chi connectivity index (χ0n) is 10.7. The third kappa shape index (κ3) is 2.97. The molecule has 4 nitrogen and oxygen atoms in total. The predicted octanol–water partition coefficient (Wildman–Crippen LogP) is 2.54. The first-order valence-corrected chi connectivity index (χ1v) is 7.76. The molecule has 2 aliphatic heterocycles. The van der Waals surface area contributed by atoms with Gasteiger partial charge in [-0.3, -0.25) is 4.79 Å². The highest BCUT2D eigenvalue weighted by atomic mass is 32.2. The van der Waals surface area contributed by atoms with E-state index in [2.05, 4.69) is 5.32 Å². The van der Waals surface area contributed by atoms with E-state index in [1.54, 1.807) is 0 Å². The Kier molecular flexibility index (Phi) is 3.82. The van der Waals surface area contributed by atoms with Gasteiger partial charge in [0.05, 0.1) is 0 Å². The minimum absolute atomic E-state index is 0.115. The zero-order chi connectivity index (χ0) is 13.1. The summed E-state index contributed by atoms with van der Waals surface area (Å²) in [6, 6.07) is 5.55. The summed E-state index contributed by atoms with van der Waals surface area (Å²) in [4.78, 5) is 12.1. The fraction of sp³-hybridized carbons (Fsp3) is 0.500. The second-order valence-corrected chi connectivity index (χ2v) is 5.91. The van der Waals surface area contributed by atoms with Crippen LogP contribution in [0.4, 0.5) is 5.69 Å². The molecule has 1 N–H and O–H groups in total. The Morgan fingerprint density at radius 3 is 2.89 bits per heavy atom. The van der Waals surface area contributed by atoms with Crippen molar-refractivity contribution in [1.29, 1.82) is 0 Å². The number of hydrogen-bond donors (Lipinski definition) is 1. The molecule has 102 valence electrons. The Morgan fingerprint density at radius 2 is 2.11 bits per heavy atom. The standard InChI is InChI=1S/C14H17NO3S/c16-14(10-2-1-7-19-9-10)15-11-3-4-12-13(8-11)18-6-5-17-12/h3-4,8,10H,1-2,5-7,9H2,(H,15,16). The lowest BCUT2D eigenvalue weighted by Crippen LogP contribution is -2.27. The Labute approximate surface area is 116 Å². The van der Waals surface area contributed by atoms with Crippen LogP contribution in [0.2, 0.25) is 0 Å². The van der Waals surface area contributed by atoms with E-state index in [9.17, 15) is 4.79 Å². The van der Waals surface area contributed by atoms with Crippen LogP contribution in [0.15, 0.2) is 18.2 Å². The van der Waals surface area contributed by atoms with Gasteiger partial charge in [-0.25, -0.2) is 0 Å². The van der Waals surface area contributed by atoms with Crippen LogP contribution >= 0.6 is 11.8 Å². The summed E-state index contributed by atoms with van der Waals surface area (Å²) in [6.07, 6.45) is 2.12. The van der Waals surface area contributed by atoms with Crippen molar-refractivity contribution in [3.63, 3.8) is 0 Å². The van der Waals surface area contributed by atoms with Crippen molar-refractivity contribution in [2.75, 3.05) is 30.0 Å². The summed E-state index contributed by atoms with van der Waals surface area (Å²) < 4.78 is 11.0. The molecule has 2 aliphatic rings. The number of hydrogen-bond acceptors (Lipinski definition) is 4. The Bertz CT molecular complexity index is 472. The molecule has 0 bridgehead atoms. The SMILES string of the molecule is O=C(Nc1ccc2c(c1)OCCO2)C1CCCSC1. The molecule has 0 aromatic heterocycles. The molecule has 1 fully saturated rings. The number of carbonyl (C=O) groups excluding carboxylic acids is 1. The lowest BCUT2D eigenvalue weighted by atomic mass is 10.0. The molecule has 3 rings (SSSR count). The van der Waals surface area contributed by atoms with Gasteiger partial charge in [0.15, 0.2) is 11.5 Å². The number of thioether (sulfide) groups is 1. The number of carbonyl (C=O) groups is 1. The van der Waals surface area contributed by atoms with Gasteiger partial charge in [-0.05, 0) is 30.7 Å². The number of rotatable bonds is 2. The van der Waals surface area contributed by atoms with Gasteiger partial charge in [0.2, 0.25) is 5.91 Å². The zero-order valence-corrected chi connectivity index (χ0v) is 11.5. The Hall–Kier alpha value is -1.36. The van der Waals surface area contributed by atoms with Crippen molar-refractivity contribution in [3.05, 3.63) is 18.2 Å². The first-order valence-electron chi connectivity index (χ1n) is 6.61. The average molecular weight is 279 g/mol. The number of amides is 1. The van der Waals surface area contributed by atoms with Crippen LogP contribution in [0.1, 0.15) is 12.8 Å². The summed E-state index contributed by atoms with van der Waals surface area (Å²) in [7, 11) is 0. The maximum atomic E-state index is 12.1. The van der Waals surface area contributed by atoms with Crippen LogP contribution < -0.4 is 14.8 Å². The van der Waals surface area contributed by atoms with Crippen molar-refractivity contribution < 1.29 is 14.3 Å². The molecule has 5 heteroatoms. The van der Waals surface area contributed by atoms with Crippen LogP contribution in [-0.4, -0.2) is 30.6 Å². The van der Waals surface area contributed by atoms with Crippen LogP contribution in [-0.2, 0) is 4.79 Å². The first kappa shape index (κ1) is 12.7. The van der Waals surface area contributed by atoms with Crippen LogP contribution in [0.5, 0.6) is 11.5 Å². The predicted molar refractivity (Wildman–Crippen MR) is 76.1 cm³/mol. The lowest BCUT2D eigenvalue weighted by molar-refractivity contribution is -0.119. The second-order valence-electron chi connectivity index (χ2n) is 4.76. The normalized spacial score (nSPS) is 21.8. The van der Waals surface area contributed by atoms with Gasteiger partial charge in [0.25, 0.3) is 0 Å². The molecule has 2 heterocycles. The molecule has 0 aliphatic carbocycles. The summed E-state index contributed by atoms with van der Waals surface area (Å²) in [6.45, 7) is 1.14. The molecule has 0 radical (unpaired) electrons. The molecule has 1 amide bonds. The number of benzene rings is 1. The third-order valence-corrected chi connectivity index (χ3v) is 4.56. The number of ether oxygens (including phenoxy) is 2. The summed E-state index contributed by atoms with van der Waals surface area (Å²) in [5, 5.41) is 2.97. The molecule has 1 aromatic rings. The molecular formula is C14H17NO3S. The quantitative estimate of drug-likeness (QED) is 0.903. The van der Waals surface area contributed by atoms with Crippen molar-refractivity contribution in [3.8, 4) is 11.5 Å².